The Hall–Kier alpha value is -4.10. The highest BCUT2D eigenvalue weighted by Gasteiger charge is 2.34. The van der Waals surface area contributed by atoms with E-state index in [1.165, 1.54) is 4.90 Å². The second-order valence-electron chi connectivity index (χ2n) is 7.56. The monoisotopic (exact) mass is 458 g/mol. The molecule has 0 saturated carbocycles. The number of benzene rings is 3. The number of nitrogens with two attached hydrogens (primary N) is 1. The lowest BCUT2D eigenvalue weighted by Crippen LogP contribution is -2.49. The Morgan fingerprint density at radius 1 is 0.970 bits per heavy atom. The molecule has 8 heteroatoms. The molecule has 0 fully saturated rings. The van der Waals surface area contributed by atoms with Gasteiger partial charge in [-0.1, -0.05) is 54.1 Å². The van der Waals surface area contributed by atoms with E-state index in [0.717, 1.165) is 11.3 Å². The number of aromatic nitrogens is 2. The number of halogens is 1. The van der Waals surface area contributed by atoms with Gasteiger partial charge in [-0.25, -0.2) is 4.68 Å². The largest absolute Gasteiger partial charge is 0.477 e. The zero-order chi connectivity index (χ0) is 22.9. The highest BCUT2D eigenvalue weighted by atomic mass is 35.5. The van der Waals surface area contributed by atoms with E-state index >= 15 is 0 Å². The molecule has 4 aromatic rings. The van der Waals surface area contributed by atoms with Crippen molar-refractivity contribution in [2.75, 3.05) is 11.4 Å². The average Bonchev–Trinajstić information content (AvgIpc) is 3.29. The van der Waals surface area contributed by atoms with Crippen LogP contribution in [0.2, 0.25) is 5.02 Å². The van der Waals surface area contributed by atoms with Crippen LogP contribution in [0.3, 0.4) is 0 Å². The van der Waals surface area contributed by atoms with Crippen molar-refractivity contribution >= 4 is 29.1 Å². The average molecular weight is 459 g/mol. The number of rotatable bonds is 4. The molecule has 3 aromatic carbocycles. The second kappa shape index (κ2) is 8.44. The molecule has 0 aliphatic carbocycles. The van der Waals surface area contributed by atoms with E-state index in [1.54, 1.807) is 47.1 Å². The number of nitrogens with zero attached hydrogens (tertiary/aromatic N) is 3. The molecule has 33 heavy (non-hydrogen) atoms. The van der Waals surface area contributed by atoms with Crippen LogP contribution in [0, 0.1) is 0 Å². The summed E-state index contributed by atoms with van der Waals surface area (Å²) in [6, 6.07) is 25.4. The molecule has 5 rings (SSSR count). The lowest BCUT2D eigenvalue weighted by Gasteiger charge is -2.33. The van der Waals surface area contributed by atoms with Gasteiger partial charge < -0.3 is 10.5 Å². The van der Waals surface area contributed by atoms with Crippen molar-refractivity contribution in [1.29, 1.82) is 0 Å². The summed E-state index contributed by atoms with van der Waals surface area (Å²) in [6.07, 6.45) is -0.951. The third-order valence-electron chi connectivity index (χ3n) is 5.41. The summed E-state index contributed by atoms with van der Waals surface area (Å²) in [5, 5.41) is 5.32. The molecule has 0 unspecified atom stereocenters. The van der Waals surface area contributed by atoms with E-state index in [0.29, 0.717) is 27.8 Å². The van der Waals surface area contributed by atoms with Gasteiger partial charge in [0.05, 0.1) is 23.6 Å². The van der Waals surface area contributed by atoms with Crippen molar-refractivity contribution in [3.05, 3.63) is 95.6 Å². The lowest BCUT2D eigenvalue weighted by molar-refractivity contribution is -0.124. The summed E-state index contributed by atoms with van der Waals surface area (Å²) in [4.78, 5) is 27.3. The molecule has 2 amide bonds. The number of ether oxygens (including phenoxy) is 1. The molecular formula is C25H19ClN4O3. The van der Waals surface area contributed by atoms with Crippen molar-refractivity contribution in [3.8, 4) is 22.7 Å². The topological polar surface area (TPSA) is 90.5 Å². The van der Waals surface area contributed by atoms with Gasteiger partial charge in [-0.2, -0.15) is 5.10 Å². The predicted molar refractivity (Wildman–Crippen MR) is 126 cm³/mol. The van der Waals surface area contributed by atoms with Crippen molar-refractivity contribution in [2.24, 2.45) is 5.73 Å². The molecule has 164 valence electrons. The van der Waals surface area contributed by atoms with Crippen LogP contribution in [0.25, 0.3) is 16.9 Å². The van der Waals surface area contributed by atoms with Gasteiger partial charge in [-0.3, -0.25) is 14.5 Å². The number of anilines is 1. The van der Waals surface area contributed by atoms with Gasteiger partial charge in [0.25, 0.3) is 11.8 Å². The molecule has 7 nitrogen and oxygen atoms in total. The minimum Gasteiger partial charge on any atom is -0.477 e. The van der Waals surface area contributed by atoms with E-state index in [1.807, 2.05) is 42.5 Å². The van der Waals surface area contributed by atoms with Gasteiger partial charge in [0.2, 0.25) is 0 Å². The minimum atomic E-state index is -0.951. The Labute approximate surface area is 195 Å². The Bertz CT molecular complexity index is 1340. The smallest absolute Gasteiger partial charge is 0.277 e. The normalized spacial score (nSPS) is 14.9. The first-order valence-corrected chi connectivity index (χ1v) is 10.7. The van der Waals surface area contributed by atoms with E-state index < -0.39 is 12.0 Å². The van der Waals surface area contributed by atoms with Crippen molar-refractivity contribution in [2.45, 2.75) is 6.10 Å². The quantitative estimate of drug-likeness (QED) is 0.498. The van der Waals surface area contributed by atoms with Crippen LogP contribution in [-0.2, 0) is 4.79 Å². The number of para-hydroxylation sites is 3. The van der Waals surface area contributed by atoms with Crippen molar-refractivity contribution < 1.29 is 14.3 Å². The summed E-state index contributed by atoms with van der Waals surface area (Å²) >= 11 is 6.03. The van der Waals surface area contributed by atoms with Crippen molar-refractivity contribution in [1.82, 2.24) is 9.78 Å². The fourth-order valence-corrected chi connectivity index (χ4v) is 3.90. The van der Waals surface area contributed by atoms with Gasteiger partial charge in [0.15, 0.2) is 6.10 Å². The van der Waals surface area contributed by atoms with Crippen LogP contribution in [0.5, 0.6) is 5.75 Å². The third-order valence-corrected chi connectivity index (χ3v) is 5.66. The Balaban J connectivity index is 1.63. The number of hydrogen-bond donors (Lipinski definition) is 1. The maximum absolute atomic E-state index is 13.9. The first kappa shape index (κ1) is 20.8. The first-order valence-electron chi connectivity index (χ1n) is 10.3. The predicted octanol–water partition coefficient (Wildman–Crippen LogP) is 4.09. The molecule has 0 bridgehead atoms. The Kier molecular flexibility index (Phi) is 5.32. The number of hydrogen-bond acceptors (Lipinski definition) is 4. The van der Waals surface area contributed by atoms with Gasteiger partial charge >= 0.3 is 0 Å². The number of fused-ring (bicyclic) bond motifs is 1. The van der Waals surface area contributed by atoms with Crippen LogP contribution < -0.4 is 15.4 Å². The number of carbonyl (C=O) groups is 2. The fraction of sp³-hybridized carbons (Fsp3) is 0.0800. The second-order valence-corrected chi connectivity index (χ2v) is 8.00. The minimum absolute atomic E-state index is 0.00142. The summed E-state index contributed by atoms with van der Waals surface area (Å²) in [6.45, 7) is 0.00142. The molecule has 1 aliphatic rings. The summed E-state index contributed by atoms with van der Waals surface area (Å²) in [7, 11) is 0. The van der Waals surface area contributed by atoms with Gasteiger partial charge in [0, 0.05) is 10.6 Å². The number of primary amides is 1. The maximum atomic E-state index is 13.9. The van der Waals surface area contributed by atoms with Crippen molar-refractivity contribution in [3.63, 3.8) is 0 Å². The standard InChI is InChI=1S/C25H19ClN4O3/c26-17-12-10-16(11-13-17)19-14-21(30(28-19)18-6-2-1-3-7-18)25(32)29-15-23(24(27)31)33-22-9-5-4-8-20(22)29/h1-14,23H,15H2,(H2,27,31)/t23-/m0/s1. The molecular weight excluding hydrogens is 440 g/mol. The lowest BCUT2D eigenvalue weighted by atomic mass is 10.1. The third kappa shape index (κ3) is 3.94. The molecule has 0 radical (unpaired) electrons. The molecule has 2 heterocycles. The van der Waals surface area contributed by atoms with Crippen LogP contribution in [0.1, 0.15) is 10.5 Å². The maximum Gasteiger partial charge on any atom is 0.277 e. The summed E-state index contributed by atoms with van der Waals surface area (Å²) in [5.74, 6) is -0.543. The SMILES string of the molecule is NC(=O)[C@@H]1CN(C(=O)c2cc(-c3ccc(Cl)cc3)nn2-c2ccccc2)c2ccccc2O1. The molecule has 1 aliphatic heterocycles. The van der Waals surface area contributed by atoms with Crippen LogP contribution in [-0.4, -0.2) is 34.2 Å². The molecule has 1 atom stereocenters. The summed E-state index contributed by atoms with van der Waals surface area (Å²) in [5.41, 5.74) is 8.58. The fourth-order valence-electron chi connectivity index (χ4n) is 3.77. The van der Waals surface area contributed by atoms with E-state index in [9.17, 15) is 9.59 Å². The molecule has 1 aromatic heterocycles. The summed E-state index contributed by atoms with van der Waals surface area (Å²) < 4.78 is 7.31. The van der Waals surface area contributed by atoms with Crippen LogP contribution in [0.4, 0.5) is 5.69 Å². The van der Waals surface area contributed by atoms with Crippen LogP contribution >= 0.6 is 11.6 Å². The highest BCUT2D eigenvalue weighted by molar-refractivity contribution is 6.30. The van der Waals surface area contributed by atoms with E-state index in [4.69, 9.17) is 27.2 Å². The van der Waals surface area contributed by atoms with Gasteiger partial charge in [0.1, 0.15) is 11.4 Å². The molecule has 2 N–H and O–H groups in total. The zero-order valence-corrected chi connectivity index (χ0v) is 18.1. The highest BCUT2D eigenvalue weighted by Crippen LogP contribution is 2.35. The number of carbonyl (C=O) groups excluding carboxylic acids is 2. The molecule has 0 spiro atoms. The van der Waals surface area contributed by atoms with Gasteiger partial charge in [-0.15, -0.1) is 0 Å². The first-order chi connectivity index (χ1) is 16.0. The Morgan fingerprint density at radius 3 is 2.39 bits per heavy atom. The Morgan fingerprint density at radius 2 is 1.67 bits per heavy atom. The molecule has 0 saturated heterocycles. The van der Waals surface area contributed by atoms with Crippen LogP contribution in [0.15, 0.2) is 84.9 Å². The van der Waals surface area contributed by atoms with E-state index in [-0.39, 0.29) is 12.5 Å². The van der Waals surface area contributed by atoms with E-state index in [2.05, 4.69) is 0 Å². The zero-order valence-electron chi connectivity index (χ0n) is 17.4. The number of amides is 2. The van der Waals surface area contributed by atoms with Gasteiger partial charge in [-0.05, 0) is 42.5 Å².